The molecule has 0 bridgehead atoms. The molecule has 36 heavy (non-hydrogen) atoms. The summed E-state index contributed by atoms with van der Waals surface area (Å²) in [6, 6.07) is 9.79. The number of hydrogen-bond donors (Lipinski definition) is 1. The van der Waals surface area contributed by atoms with Gasteiger partial charge in [0, 0.05) is 36.1 Å². The highest BCUT2D eigenvalue weighted by atomic mass is 32.1. The average molecular weight is 503 g/mol. The van der Waals surface area contributed by atoms with Crippen LogP contribution in [0.5, 0.6) is 5.75 Å². The number of benzene rings is 2. The Hall–Kier alpha value is -3.30. The fourth-order valence-corrected chi connectivity index (χ4v) is 7.08. The average Bonchev–Trinajstić information content (AvgIpc) is 3.57. The highest BCUT2D eigenvalue weighted by Gasteiger charge is 2.46. The smallest absolute Gasteiger partial charge is 0.255 e. The van der Waals surface area contributed by atoms with Gasteiger partial charge in [0.15, 0.2) is 0 Å². The number of ether oxygens (including phenoxy) is 1. The van der Waals surface area contributed by atoms with Crippen molar-refractivity contribution in [2.24, 2.45) is 0 Å². The van der Waals surface area contributed by atoms with Gasteiger partial charge in [0.25, 0.3) is 5.91 Å². The molecule has 9 heteroatoms. The molecule has 4 aliphatic heterocycles. The summed E-state index contributed by atoms with van der Waals surface area (Å²) in [5.41, 5.74) is 7.04. The molecule has 0 aliphatic carbocycles. The molecule has 1 N–H and O–H groups in total. The second-order valence-electron chi connectivity index (χ2n) is 10.4. The maximum atomic E-state index is 13.2. The first kappa shape index (κ1) is 21.9. The molecular formula is C27H26N4O4S. The fraction of sp³-hybridized carbons (Fsp3) is 0.407. The Labute approximate surface area is 212 Å². The number of rotatable bonds is 3. The zero-order valence-corrected chi connectivity index (χ0v) is 20.6. The quantitative estimate of drug-likeness (QED) is 0.554. The van der Waals surface area contributed by atoms with Crippen LogP contribution in [0.2, 0.25) is 0 Å². The van der Waals surface area contributed by atoms with Gasteiger partial charge in [0.1, 0.15) is 11.8 Å². The van der Waals surface area contributed by atoms with Crippen LogP contribution < -0.4 is 10.1 Å². The Balaban J connectivity index is 1.09. The number of amides is 3. The van der Waals surface area contributed by atoms with E-state index in [1.807, 2.05) is 11.6 Å². The van der Waals surface area contributed by atoms with E-state index < -0.39 is 6.04 Å². The van der Waals surface area contributed by atoms with Crippen molar-refractivity contribution in [1.29, 1.82) is 0 Å². The van der Waals surface area contributed by atoms with Gasteiger partial charge in [-0.25, -0.2) is 4.98 Å². The van der Waals surface area contributed by atoms with Crippen molar-refractivity contribution in [3.05, 3.63) is 58.1 Å². The molecule has 1 aromatic heterocycles. The van der Waals surface area contributed by atoms with Gasteiger partial charge in [-0.3, -0.25) is 24.6 Å². The molecule has 2 fully saturated rings. The largest absolute Gasteiger partial charge is 0.492 e. The van der Waals surface area contributed by atoms with Crippen molar-refractivity contribution in [1.82, 2.24) is 20.1 Å². The third kappa shape index (κ3) is 3.37. The van der Waals surface area contributed by atoms with Crippen molar-refractivity contribution in [2.75, 3.05) is 19.7 Å². The van der Waals surface area contributed by atoms with Crippen molar-refractivity contribution >= 4 is 39.3 Å². The van der Waals surface area contributed by atoms with Gasteiger partial charge in [-0.05, 0) is 61.7 Å². The van der Waals surface area contributed by atoms with E-state index in [2.05, 4.69) is 39.5 Å². The van der Waals surface area contributed by atoms with Crippen molar-refractivity contribution in [3.63, 3.8) is 0 Å². The molecule has 0 radical (unpaired) electrons. The molecule has 2 saturated heterocycles. The SMILES string of the molecule is O=C1CCC(N2Cc3cc4c(cc3C2=O)OCC42CCN(Cc3cccc4ncsc34)CC2)C(=O)N1. The Morgan fingerprint density at radius 2 is 2.03 bits per heavy atom. The maximum Gasteiger partial charge on any atom is 0.255 e. The van der Waals surface area contributed by atoms with E-state index >= 15 is 0 Å². The van der Waals surface area contributed by atoms with Gasteiger partial charge in [-0.15, -0.1) is 11.3 Å². The Kier molecular flexibility index (Phi) is 4.94. The zero-order valence-electron chi connectivity index (χ0n) is 19.8. The summed E-state index contributed by atoms with van der Waals surface area (Å²) in [4.78, 5) is 45.7. The Morgan fingerprint density at radius 1 is 1.17 bits per heavy atom. The number of piperidine rings is 2. The lowest BCUT2D eigenvalue weighted by Gasteiger charge is -2.38. The van der Waals surface area contributed by atoms with E-state index in [-0.39, 0.29) is 29.6 Å². The molecule has 184 valence electrons. The van der Waals surface area contributed by atoms with E-state index in [0.717, 1.165) is 49.3 Å². The predicted molar refractivity (Wildman–Crippen MR) is 134 cm³/mol. The van der Waals surface area contributed by atoms with Crippen LogP contribution in [0.1, 0.15) is 52.7 Å². The minimum Gasteiger partial charge on any atom is -0.492 e. The summed E-state index contributed by atoms with van der Waals surface area (Å²) in [5, 5.41) is 2.37. The van der Waals surface area contributed by atoms with E-state index in [0.29, 0.717) is 25.1 Å². The third-order valence-electron chi connectivity index (χ3n) is 8.34. The lowest BCUT2D eigenvalue weighted by atomic mass is 9.74. The van der Waals surface area contributed by atoms with Crippen LogP contribution in [0.25, 0.3) is 10.2 Å². The Morgan fingerprint density at radius 3 is 2.86 bits per heavy atom. The minimum absolute atomic E-state index is 0.0392. The first-order chi connectivity index (χ1) is 17.5. The lowest BCUT2D eigenvalue weighted by Crippen LogP contribution is -2.52. The molecule has 7 rings (SSSR count). The number of hydrogen-bond acceptors (Lipinski definition) is 7. The second-order valence-corrected chi connectivity index (χ2v) is 11.2. The standard InChI is InChI=1S/C27H26N4O4S/c32-23-5-4-21(25(33)29-23)31-13-17-10-19-22(11-18(17)26(31)34)35-14-27(19)6-8-30(9-7-27)12-16-2-1-3-20-24(16)36-15-28-20/h1-3,10-11,15,21H,4-9,12-14H2,(H,29,32,33). The second kappa shape index (κ2) is 8.11. The number of imide groups is 1. The van der Waals surface area contributed by atoms with Gasteiger partial charge < -0.3 is 9.64 Å². The number of nitrogens with one attached hydrogen (secondary N) is 1. The van der Waals surface area contributed by atoms with Crippen LogP contribution in [0.4, 0.5) is 0 Å². The summed E-state index contributed by atoms with van der Waals surface area (Å²) in [5.74, 6) is -0.00659. The van der Waals surface area contributed by atoms with E-state index in [1.54, 1.807) is 16.2 Å². The molecule has 5 heterocycles. The predicted octanol–water partition coefficient (Wildman–Crippen LogP) is 2.98. The number of nitrogens with zero attached hydrogens (tertiary/aromatic N) is 3. The van der Waals surface area contributed by atoms with Crippen molar-refractivity contribution < 1.29 is 19.1 Å². The van der Waals surface area contributed by atoms with Crippen LogP contribution in [0.3, 0.4) is 0 Å². The van der Waals surface area contributed by atoms with Crippen LogP contribution in [0, 0.1) is 0 Å². The number of aromatic nitrogens is 1. The highest BCUT2D eigenvalue weighted by Crippen LogP contribution is 2.48. The summed E-state index contributed by atoms with van der Waals surface area (Å²) in [6.45, 7) is 3.93. The van der Waals surface area contributed by atoms with E-state index in [1.165, 1.54) is 15.8 Å². The summed E-state index contributed by atoms with van der Waals surface area (Å²) in [6.07, 6.45) is 2.63. The molecule has 2 aromatic carbocycles. The molecule has 0 saturated carbocycles. The van der Waals surface area contributed by atoms with Crippen LogP contribution in [-0.2, 0) is 28.1 Å². The molecule has 4 aliphatic rings. The van der Waals surface area contributed by atoms with Gasteiger partial charge >= 0.3 is 0 Å². The zero-order chi connectivity index (χ0) is 24.4. The first-order valence-electron chi connectivity index (χ1n) is 12.5. The molecule has 1 spiro atoms. The van der Waals surface area contributed by atoms with Gasteiger partial charge in [-0.1, -0.05) is 12.1 Å². The van der Waals surface area contributed by atoms with Crippen LogP contribution in [-0.4, -0.2) is 58.2 Å². The van der Waals surface area contributed by atoms with Crippen LogP contribution >= 0.6 is 11.3 Å². The number of carbonyl (C=O) groups excluding carboxylic acids is 3. The first-order valence-corrected chi connectivity index (χ1v) is 13.4. The van der Waals surface area contributed by atoms with E-state index in [4.69, 9.17) is 4.74 Å². The number of likely N-dealkylation sites (tertiary alicyclic amines) is 1. The third-order valence-corrected chi connectivity index (χ3v) is 9.26. The number of carbonyl (C=O) groups is 3. The molecule has 3 aromatic rings. The van der Waals surface area contributed by atoms with E-state index in [9.17, 15) is 14.4 Å². The van der Waals surface area contributed by atoms with Gasteiger partial charge in [-0.2, -0.15) is 0 Å². The van der Waals surface area contributed by atoms with Crippen molar-refractivity contribution in [3.8, 4) is 5.75 Å². The molecular weight excluding hydrogens is 476 g/mol. The number of thiazole rings is 1. The summed E-state index contributed by atoms with van der Waals surface area (Å²) < 4.78 is 7.43. The fourth-order valence-electron chi connectivity index (χ4n) is 6.29. The number of fused-ring (bicyclic) bond motifs is 4. The Bertz CT molecular complexity index is 1420. The lowest BCUT2D eigenvalue weighted by molar-refractivity contribution is -0.136. The minimum atomic E-state index is -0.599. The maximum absolute atomic E-state index is 13.2. The van der Waals surface area contributed by atoms with Gasteiger partial charge in [0.05, 0.1) is 22.3 Å². The summed E-state index contributed by atoms with van der Waals surface area (Å²) >= 11 is 1.70. The molecule has 3 amide bonds. The topological polar surface area (TPSA) is 91.8 Å². The summed E-state index contributed by atoms with van der Waals surface area (Å²) in [7, 11) is 0. The highest BCUT2D eigenvalue weighted by molar-refractivity contribution is 7.16. The normalized spacial score (nSPS) is 23.2. The molecule has 1 unspecified atom stereocenters. The van der Waals surface area contributed by atoms with Crippen molar-refractivity contribution in [2.45, 2.75) is 50.2 Å². The van der Waals surface area contributed by atoms with Gasteiger partial charge in [0.2, 0.25) is 11.8 Å². The monoisotopic (exact) mass is 502 g/mol. The molecule has 1 atom stereocenters. The van der Waals surface area contributed by atoms with Crippen LogP contribution in [0.15, 0.2) is 35.8 Å². The molecule has 8 nitrogen and oxygen atoms in total.